The van der Waals surface area contributed by atoms with E-state index >= 15 is 0 Å². The molecule has 1 aromatic rings. The first-order valence-electron chi connectivity index (χ1n) is 7.39. The van der Waals surface area contributed by atoms with E-state index in [0.29, 0.717) is 11.4 Å². The van der Waals surface area contributed by atoms with Crippen LogP contribution in [-0.4, -0.2) is 26.3 Å². The second-order valence-electron chi connectivity index (χ2n) is 5.46. The third-order valence-electron chi connectivity index (χ3n) is 4.04. The quantitative estimate of drug-likeness (QED) is 0.833. The van der Waals surface area contributed by atoms with Crippen LogP contribution < -0.4 is 5.32 Å². The molecule has 0 aromatic heterocycles. The fraction of sp³-hybridized carbons (Fsp3) is 0.600. The largest absolute Gasteiger partial charge is 0.313 e. The first-order chi connectivity index (χ1) is 9.96. The lowest BCUT2D eigenvalue weighted by atomic mass is 10.1. The number of halogens is 2. The Hall–Kier alpha value is -0.290. The summed E-state index contributed by atoms with van der Waals surface area (Å²) in [4.78, 5) is 0.270. The molecule has 0 saturated heterocycles. The van der Waals surface area contributed by atoms with Gasteiger partial charge in [0.15, 0.2) is 9.84 Å². The van der Waals surface area contributed by atoms with Gasteiger partial charge in [-0.15, -0.1) is 0 Å². The van der Waals surface area contributed by atoms with Gasteiger partial charge in [-0.3, -0.25) is 0 Å². The Bertz CT molecular complexity index is 589. The molecule has 1 aromatic carbocycles. The predicted octanol–water partition coefficient (Wildman–Crippen LogP) is 4.08. The van der Waals surface area contributed by atoms with Crippen molar-refractivity contribution in [2.75, 3.05) is 6.54 Å². The Morgan fingerprint density at radius 3 is 2.52 bits per heavy atom. The highest BCUT2D eigenvalue weighted by atomic mass is 35.5. The third kappa shape index (κ3) is 3.92. The molecule has 1 fully saturated rings. The molecule has 118 valence electrons. The van der Waals surface area contributed by atoms with Crippen LogP contribution in [0, 0.1) is 0 Å². The smallest absolute Gasteiger partial charge is 0.182 e. The fourth-order valence-electron chi connectivity index (χ4n) is 2.97. The van der Waals surface area contributed by atoms with Gasteiger partial charge in [0.2, 0.25) is 0 Å². The predicted molar refractivity (Wildman–Crippen MR) is 88.0 cm³/mol. The summed E-state index contributed by atoms with van der Waals surface area (Å²) in [6.07, 6.45) is 4.72. The van der Waals surface area contributed by atoms with Crippen molar-refractivity contribution in [1.82, 2.24) is 5.32 Å². The van der Waals surface area contributed by atoms with Gasteiger partial charge >= 0.3 is 0 Å². The van der Waals surface area contributed by atoms with Crippen molar-refractivity contribution in [3.63, 3.8) is 0 Å². The zero-order valence-corrected chi connectivity index (χ0v) is 14.4. The van der Waals surface area contributed by atoms with Crippen LogP contribution in [0.5, 0.6) is 0 Å². The van der Waals surface area contributed by atoms with Gasteiger partial charge in [-0.25, -0.2) is 8.42 Å². The van der Waals surface area contributed by atoms with Crippen molar-refractivity contribution < 1.29 is 8.42 Å². The summed E-state index contributed by atoms with van der Waals surface area (Å²) in [5.41, 5.74) is 0. The van der Waals surface area contributed by atoms with Crippen molar-refractivity contribution in [1.29, 1.82) is 0 Å². The van der Waals surface area contributed by atoms with E-state index in [9.17, 15) is 8.42 Å². The van der Waals surface area contributed by atoms with E-state index in [1.54, 1.807) is 12.1 Å². The minimum absolute atomic E-state index is 0.0111. The Morgan fingerprint density at radius 1 is 1.14 bits per heavy atom. The summed E-state index contributed by atoms with van der Waals surface area (Å²) in [7, 11) is -3.40. The molecule has 0 radical (unpaired) electrons. The molecule has 0 bridgehead atoms. The van der Waals surface area contributed by atoms with Crippen LogP contribution >= 0.6 is 23.2 Å². The van der Waals surface area contributed by atoms with Crippen molar-refractivity contribution in [2.24, 2.45) is 0 Å². The van der Waals surface area contributed by atoms with Crippen LogP contribution in [0.3, 0.4) is 0 Å². The van der Waals surface area contributed by atoms with Crippen LogP contribution in [0.15, 0.2) is 23.1 Å². The normalized spacial score (nSPS) is 23.8. The molecule has 6 heteroatoms. The van der Waals surface area contributed by atoms with Gasteiger partial charge in [0, 0.05) is 6.04 Å². The van der Waals surface area contributed by atoms with E-state index in [-0.39, 0.29) is 16.0 Å². The van der Waals surface area contributed by atoms with Crippen molar-refractivity contribution in [3.8, 4) is 0 Å². The van der Waals surface area contributed by atoms with Gasteiger partial charge in [-0.2, -0.15) is 0 Å². The van der Waals surface area contributed by atoms with E-state index in [1.165, 1.54) is 6.07 Å². The van der Waals surface area contributed by atoms with Gasteiger partial charge < -0.3 is 5.32 Å². The summed E-state index contributed by atoms with van der Waals surface area (Å²) in [5, 5.41) is 3.61. The lowest BCUT2D eigenvalue weighted by molar-refractivity contribution is 0.460. The summed E-state index contributed by atoms with van der Waals surface area (Å²) < 4.78 is 25.9. The van der Waals surface area contributed by atoms with Crippen LogP contribution in [0.2, 0.25) is 10.0 Å². The Morgan fingerprint density at radius 2 is 1.86 bits per heavy atom. The van der Waals surface area contributed by atoms with Gasteiger partial charge in [-0.05, 0) is 37.6 Å². The maximum atomic E-state index is 12.9. The minimum atomic E-state index is -3.40. The first-order valence-corrected chi connectivity index (χ1v) is 9.69. The summed E-state index contributed by atoms with van der Waals surface area (Å²) in [5.74, 6) is 0. The number of rotatable bonds is 4. The van der Waals surface area contributed by atoms with Crippen LogP contribution in [0.1, 0.15) is 39.0 Å². The van der Waals surface area contributed by atoms with Crippen molar-refractivity contribution in [2.45, 2.75) is 55.2 Å². The van der Waals surface area contributed by atoms with Gasteiger partial charge in [-0.1, -0.05) is 49.4 Å². The Kier molecular flexibility index (Phi) is 5.95. The van der Waals surface area contributed by atoms with Gasteiger partial charge in [0.25, 0.3) is 0 Å². The fourth-order valence-corrected chi connectivity index (χ4v) is 5.36. The summed E-state index contributed by atoms with van der Waals surface area (Å²) in [6.45, 7) is 2.78. The van der Waals surface area contributed by atoms with E-state index < -0.39 is 15.1 Å². The van der Waals surface area contributed by atoms with Gasteiger partial charge in [0.05, 0.1) is 20.2 Å². The Labute approximate surface area is 136 Å². The number of nitrogens with one attached hydrogen (secondary N) is 1. The molecule has 0 aliphatic heterocycles. The minimum Gasteiger partial charge on any atom is -0.313 e. The molecule has 21 heavy (non-hydrogen) atoms. The van der Waals surface area contributed by atoms with Crippen LogP contribution in [0.4, 0.5) is 0 Å². The lowest BCUT2D eigenvalue weighted by Crippen LogP contribution is -2.43. The molecule has 2 rings (SSSR count). The third-order valence-corrected chi connectivity index (χ3v) is 7.05. The van der Waals surface area contributed by atoms with E-state index in [2.05, 4.69) is 5.32 Å². The summed E-state index contributed by atoms with van der Waals surface area (Å²) >= 11 is 11.9. The topological polar surface area (TPSA) is 46.2 Å². The maximum absolute atomic E-state index is 12.9. The molecular formula is C15H21Cl2NO2S. The molecule has 1 saturated carbocycles. The number of benzene rings is 1. The number of hydrogen-bond acceptors (Lipinski definition) is 3. The van der Waals surface area contributed by atoms with Crippen molar-refractivity contribution >= 4 is 33.0 Å². The molecule has 2 unspecified atom stereocenters. The molecule has 3 nitrogen and oxygen atoms in total. The average Bonchev–Trinajstić information content (AvgIpc) is 2.68. The molecule has 0 spiro atoms. The lowest BCUT2D eigenvalue weighted by Gasteiger charge is -2.26. The monoisotopic (exact) mass is 349 g/mol. The van der Waals surface area contributed by atoms with Crippen LogP contribution in [0.25, 0.3) is 0 Å². The van der Waals surface area contributed by atoms with E-state index in [4.69, 9.17) is 23.2 Å². The molecule has 1 aliphatic carbocycles. The van der Waals surface area contributed by atoms with E-state index in [0.717, 1.165) is 32.2 Å². The van der Waals surface area contributed by atoms with E-state index in [1.807, 2.05) is 6.92 Å². The van der Waals surface area contributed by atoms with Crippen LogP contribution in [-0.2, 0) is 9.84 Å². The highest BCUT2D eigenvalue weighted by Gasteiger charge is 2.35. The highest BCUT2D eigenvalue weighted by Crippen LogP contribution is 2.31. The second kappa shape index (κ2) is 7.32. The summed E-state index contributed by atoms with van der Waals surface area (Å²) in [6, 6.07) is 4.58. The maximum Gasteiger partial charge on any atom is 0.182 e. The number of hydrogen-bond donors (Lipinski definition) is 1. The zero-order valence-electron chi connectivity index (χ0n) is 12.1. The molecular weight excluding hydrogens is 329 g/mol. The second-order valence-corrected chi connectivity index (χ2v) is 8.44. The van der Waals surface area contributed by atoms with Gasteiger partial charge in [0.1, 0.15) is 0 Å². The molecule has 1 aliphatic rings. The highest BCUT2D eigenvalue weighted by molar-refractivity contribution is 7.92. The molecule has 0 amide bonds. The average molecular weight is 350 g/mol. The SMILES string of the molecule is CCNC1CCCCCC1S(=O)(=O)c1ccc(Cl)c(Cl)c1. The number of sulfone groups is 1. The first kappa shape index (κ1) is 17.1. The molecule has 1 N–H and O–H groups in total. The molecule has 2 atom stereocenters. The van der Waals surface area contributed by atoms with Crippen molar-refractivity contribution in [3.05, 3.63) is 28.2 Å². The Balaban J connectivity index is 2.36. The standard InChI is InChI=1S/C15H21Cl2NO2S/c1-2-18-14-6-4-3-5-7-15(14)21(19,20)11-8-9-12(16)13(17)10-11/h8-10,14-15,18H,2-7H2,1H3. The zero-order chi connectivity index (χ0) is 15.5. The molecule has 0 heterocycles.